The summed E-state index contributed by atoms with van der Waals surface area (Å²) in [7, 11) is 0. The van der Waals surface area contributed by atoms with Gasteiger partial charge in [-0.15, -0.1) is 0 Å². The number of aromatic nitrogens is 3. The maximum absolute atomic E-state index is 16.2. The molecule has 0 unspecified atom stereocenters. The van der Waals surface area contributed by atoms with Gasteiger partial charge < -0.3 is 20.4 Å². The van der Waals surface area contributed by atoms with E-state index in [0.717, 1.165) is 0 Å². The van der Waals surface area contributed by atoms with Crippen molar-refractivity contribution >= 4 is 33.2 Å². The average molecular weight is 477 g/mol. The van der Waals surface area contributed by atoms with E-state index in [4.69, 9.17) is 10.5 Å². The van der Waals surface area contributed by atoms with Crippen LogP contribution in [0.5, 0.6) is 0 Å². The Labute approximate surface area is 195 Å². The summed E-state index contributed by atoms with van der Waals surface area (Å²) >= 11 is 0. The van der Waals surface area contributed by atoms with E-state index in [9.17, 15) is 4.79 Å². The Kier molecular flexibility index (Phi) is 3.87. The van der Waals surface area contributed by atoms with Gasteiger partial charge in [-0.2, -0.15) is 9.37 Å². The highest BCUT2D eigenvalue weighted by molar-refractivity contribution is 6.03. The Hall–Kier alpha value is -4.17. The number of halogens is 3. The van der Waals surface area contributed by atoms with Crippen LogP contribution in [0.4, 0.5) is 24.7 Å². The molecular formula is C24H16F3N6O2+. The number of ether oxygens (including phenoxy) is 1. The molecule has 0 amide bonds. The molecule has 4 bridgehead atoms. The van der Waals surface area contributed by atoms with Crippen molar-refractivity contribution in [3.63, 3.8) is 0 Å². The van der Waals surface area contributed by atoms with E-state index in [-0.39, 0.29) is 64.4 Å². The molecule has 2 fully saturated rings. The zero-order valence-corrected chi connectivity index (χ0v) is 18.0. The molecule has 8 rings (SSSR count). The number of nitrogens with one attached hydrogen (secondary N) is 1. The molecule has 2 aromatic carbocycles. The van der Waals surface area contributed by atoms with Crippen molar-refractivity contribution < 1.29 is 17.9 Å². The van der Waals surface area contributed by atoms with Crippen molar-refractivity contribution in [1.29, 1.82) is 0 Å². The molecule has 4 aliphatic rings. The first-order chi connectivity index (χ1) is 16.9. The summed E-state index contributed by atoms with van der Waals surface area (Å²) in [5.74, 6) is -4.35. The fraction of sp³-hybridized carbons (Fsp3) is 0.250. The molecule has 1 aliphatic carbocycles. The third-order valence-electron chi connectivity index (χ3n) is 6.97. The number of nitrogens with zero attached hydrogens (tertiary/aromatic N) is 4. The highest BCUT2D eigenvalue weighted by Crippen LogP contribution is 2.55. The number of anilines is 2. The minimum Gasteiger partial charge on any atom is -0.399 e. The molecule has 3 N–H and O–H groups in total. The standard InChI is InChI=1S/C24H15F3N6O2/c25-16-2-1-10-5-11(28)6-12-17(10)13(16)8-30-24(27)15-9-35-4-3-33(21(15)24)22-14-7-29-19(12)18(26)20(14)31-23(34)32-22/h1-2,5-7,15,21H,3-4,9,28H2/p+1/t15-,21+,24-/m1/s1. The molecule has 1 saturated carbocycles. The van der Waals surface area contributed by atoms with Crippen LogP contribution >= 0.6 is 0 Å². The van der Waals surface area contributed by atoms with E-state index in [1.807, 2.05) is 0 Å². The van der Waals surface area contributed by atoms with Crippen molar-refractivity contribution in [3.8, 4) is 17.3 Å². The van der Waals surface area contributed by atoms with Crippen LogP contribution in [-0.2, 0) is 4.74 Å². The number of H-pyrrole nitrogens is 1. The summed E-state index contributed by atoms with van der Waals surface area (Å²) in [6.45, 7) is 0.512. The molecule has 174 valence electrons. The normalized spacial score (nSPS) is 24.3. The lowest BCUT2D eigenvalue weighted by Crippen LogP contribution is -2.35. The van der Waals surface area contributed by atoms with Crippen molar-refractivity contribution in [2.24, 2.45) is 5.92 Å². The molecular weight excluding hydrogens is 461 g/mol. The fourth-order valence-corrected chi connectivity index (χ4v) is 5.31. The number of pyridine rings is 1. The van der Waals surface area contributed by atoms with E-state index < -0.39 is 35.1 Å². The number of alkyl halides is 1. The summed E-state index contributed by atoms with van der Waals surface area (Å²) in [5.41, 5.74) is 5.27. The quantitative estimate of drug-likeness (QED) is 0.298. The van der Waals surface area contributed by atoms with E-state index in [1.165, 1.54) is 24.4 Å². The third kappa shape index (κ3) is 2.68. The maximum Gasteiger partial charge on any atom is 0.445 e. The van der Waals surface area contributed by atoms with Crippen LogP contribution in [0.15, 0.2) is 35.3 Å². The van der Waals surface area contributed by atoms with Gasteiger partial charge in [0, 0.05) is 29.4 Å². The van der Waals surface area contributed by atoms with Gasteiger partial charge in [-0.05, 0) is 28.4 Å². The maximum atomic E-state index is 16.2. The topological polar surface area (TPSA) is 101 Å². The van der Waals surface area contributed by atoms with Gasteiger partial charge in [-0.3, -0.25) is 4.98 Å². The molecule has 11 heteroatoms. The van der Waals surface area contributed by atoms with E-state index in [0.29, 0.717) is 5.39 Å². The number of aromatic amines is 1. The minimum atomic E-state index is -2.17. The molecule has 8 nitrogen and oxygen atoms in total. The lowest BCUT2D eigenvalue weighted by atomic mass is 9.95. The number of rotatable bonds is 0. The molecule has 3 atom stereocenters. The summed E-state index contributed by atoms with van der Waals surface area (Å²) < 4.78 is 52.8. The molecule has 4 aromatic rings. The van der Waals surface area contributed by atoms with Gasteiger partial charge in [-0.25, -0.2) is 13.6 Å². The predicted molar refractivity (Wildman–Crippen MR) is 123 cm³/mol. The van der Waals surface area contributed by atoms with Crippen LogP contribution in [0.25, 0.3) is 37.8 Å². The number of hydrogen-bond acceptors (Lipinski definition) is 6. The molecule has 0 radical (unpaired) electrons. The first-order valence-electron chi connectivity index (χ1n) is 11.0. The first-order valence-corrected chi connectivity index (χ1v) is 11.0. The molecule has 5 heterocycles. The number of nitrogen functional groups attached to an aromatic ring is 1. The van der Waals surface area contributed by atoms with Gasteiger partial charge in [0.2, 0.25) is 0 Å². The molecule has 3 aliphatic heterocycles. The summed E-state index contributed by atoms with van der Waals surface area (Å²) in [6.07, 6.45) is 1.37. The minimum absolute atomic E-state index is 0.0700. The molecule has 2 aromatic heterocycles. The Morgan fingerprint density at radius 3 is 3.03 bits per heavy atom. The fourth-order valence-electron chi connectivity index (χ4n) is 5.31. The number of benzene rings is 2. The van der Waals surface area contributed by atoms with Gasteiger partial charge in [0.25, 0.3) is 0 Å². The second-order valence-corrected chi connectivity index (χ2v) is 8.93. The average Bonchev–Trinajstić information content (AvgIpc) is 3.48. The first kappa shape index (κ1) is 20.2. The Bertz CT molecular complexity index is 1730. The zero-order valence-electron chi connectivity index (χ0n) is 18.0. The summed E-state index contributed by atoms with van der Waals surface area (Å²) in [6, 6.07) is 7.45. The van der Waals surface area contributed by atoms with Crippen LogP contribution in [-0.4, -0.2) is 46.5 Å². The van der Waals surface area contributed by atoms with Gasteiger partial charge in [0.1, 0.15) is 28.8 Å². The van der Waals surface area contributed by atoms with Crippen molar-refractivity contribution in [2.75, 3.05) is 30.4 Å². The number of nitrogens with two attached hydrogens (primary N) is 1. The van der Waals surface area contributed by atoms with Gasteiger partial charge in [-0.1, -0.05) is 6.07 Å². The molecule has 0 spiro atoms. The van der Waals surface area contributed by atoms with Crippen molar-refractivity contribution in [3.05, 3.63) is 63.0 Å². The lowest BCUT2D eigenvalue weighted by molar-refractivity contribution is 0.122. The van der Waals surface area contributed by atoms with Gasteiger partial charge in [0.15, 0.2) is 11.9 Å². The van der Waals surface area contributed by atoms with Crippen LogP contribution in [0.1, 0.15) is 5.56 Å². The Morgan fingerprint density at radius 2 is 2.17 bits per heavy atom. The predicted octanol–water partition coefficient (Wildman–Crippen LogP) is 3.19. The second kappa shape index (κ2) is 6.70. The lowest BCUT2D eigenvalue weighted by Gasteiger charge is -2.22. The van der Waals surface area contributed by atoms with Crippen LogP contribution < -0.4 is 16.3 Å². The molecule has 35 heavy (non-hydrogen) atoms. The van der Waals surface area contributed by atoms with Gasteiger partial charge in [0.05, 0.1) is 24.1 Å². The van der Waals surface area contributed by atoms with Crippen LogP contribution in [0, 0.1) is 23.6 Å². The SMILES string of the molecule is Nc1cc2c3c(c(F)ccc3c1)C#[N+][C@]1(F)[C@@H]3COCCN(c4nc(=O)[nH]c5c(F)c-2ncc45)[C@@H]31. The zero-order chi connectivity index (χ0) is 24.1. The smallest absolute Gasteiger partial charge is 0.399 e. The van der Waals surface area contributed by atoms with Gasteiger partial charge >= 0.3 is 17.6 Å². The summed E-state index contributed by atoms with van der Waals surface area (Å²) in [5, 5.41) is 0.900. The van der Waals surface area contributed by atoms with E-state index in [2.05, 4.69) is 25.9 Å². The highest BCUT2D eigenvalue weighted by atomic mass is 19.2. The summed E-state index contributed by atoms with van der Waals surface area (Å²) in [4.78, 5) is 28.9. The van der Waals surface area contributed by atoms with E-state index >= 15 is 13.2 Å². The van der Waals surface area contributed by atoms with E-state index in [1.54, 1.807) is 11.0 Å². The number of hydrogen-bond donors (Lipinski definition) is 2. The second-order valence-electron chi connectivity index (χ2n) is 8.93. The Balaban J connectivity index is 1.68. The van der Waals surface area contributed by atoms with Crippen molar-refractivity contribution in [1.82, 2.24) is 15.0 Å². The number of fused-ring (bicyclic) bond motifs is 1. The van der Waals surface area contributed by atoms with Crippen LogP contribution in [0.3, 0.4) is 0 Å². The largest absolute Gasteiger partial charge is 0.445 e. The van der Waals surface area contributed by atoms with Crippen LogP contribution in [0.2, 0.25) is 0 Å². The third-order valence-corrected chi connectivity index (χ3v) is 6.97. The molecule has 1 saturated heterocycles. The monoisotopic (exact) mass is 477 g/mol. The van der Waals surface area contributed by atoms with Crippen molar-refractivity contribution in [2.45, 2.75) is 11.8 Å². The highest BCUT2D eigenvalue weighted by Gasteiger charge is 2.81. The Morgan fingerprint density at radius 1 is 1.31 bits per heavy atom.